The molecule has 0 aromatic heterocycles. The van der Waals surface area contributed by atoms with Crippen molar-refractivity contribution in [1.82, 2.24) is 9.80 Å². The average molecular weight is 258 g/mol. The molecule has 0 unspecified atom stereocenters. The van der Waals surface area contributed by atoms with Crippen molar-refractivity contribution < 1.29 is 0 Å². The Kier molecular flexibility index (Phi) is 12.0. The Morgan fingerprint density at radius 2 is 1.06 bits per heavy atom. The maximum atomic E-state index is 10.2. The zero-order valence-electron chi connectivity index (χ0n) is 11.7. The van der Waals surface area contributed by atoms with Gasteiger partial charge in [-0.05, 0) is 25.9 Å². The van der Waals surface area contributed by atoms with Crippen LogP contribution in [0.25, 0.3) is 0 Å². The molecule has 0 atom stereocenters. The van der Waals surface area contributed by atoms with Crippen LogP contribution in [0.3, 0.4) is 0 Å². The lowest BCUT2D eigenvalue weighted by molar-refractivity contribution is 0.209. The lowest BCUT2D eigenvalue weighted by Crippen LogP contribution is -2.38. The largest absolute Gasteiger partial charge is 0.300 e. The molecule has 0 heterocycles. The lowest BCUT2D eigenvalue weighted by Gasteiger charge is -2.26. The van der Waals surface area contributed by atoms with Crippen LogP contribution in [0.15, 0.2) is 10.4 Å². The maximum Gasteiger partial charge on any atom is 0.0938 e. The highest BCUT2D eigenvalue weighted by Crippen LogP contribution is 1.96. The van der Waals surface area contributed by atoms with Crippen LogP contribution in [0, 0.1) is 9.81 Å². The van der Waals surface area contributed by atoms with E-state index in [1.807, 2.05) is 0 Å². The third-order valence-electron chi connectivity index (χ3n) is 2.83. The minimum atomic E-state index is 0.351. The molecular formula is C12H26N4O2. The van der Waals surface area contributed by atoms with E-state index in [0.29, 0.717) is 13.1 Å². The first-order valence-electron chi connectivity index (χ1n) is 6.81. The van der Waals surface area contributed by atoms with Gasteiger partial charge in [0.05, 0.1) is 13.1 Å². The molecule has 0 saturated carbocycles. The quantitative estimate of drug-likeness (QED) is 0.474. The predicted molar refractivity (Wildman–Crippen MR) is 74.8 cm³/mol. The molecule has 0 spiro atoms. The van der Waals surface area contributed by atoms with Crippen LogP contribution < -0.4 is 0 Å². The van der Waals surface area contributed by atoms with Crippen LogP contribution in [0.2, 0.25) is 0 Å². The van der Waals surface area contributed by atoms with Crippen molar-refractivity contribution in [3.63, 3.8) is 0 Å². The van der Waals surface area contributed by atoms with Crippen LogP contribution in [0.4, 0.5) is 0 Å². The summed E-state index contributed by atoms with van der Waals surface area (Å²) in [6.45, 7) is 10.2. The minimum Gasteiger partial charge on any atom is -0.300 e. The summed E-state index contributed by atoms with van der Waals surface area (Å²) in [5, 5.41) is 5.82. The van der Waals surface area contributed by atoms with Crippen LogP contribution >= 0.6 is 0 Å². The predicted octanol–water partition coefficient (Wildman–Crippen LogP) is 1.94. The minimum absolute atomic E-state index is 0.351. The molecule has 0 fully saturated rings. The molecule has 18 heavy (non-hydrogen) atoms. The van der Waals surface area contributed by atoms with Crippen molar-refractivity contribution in [2.75, 3.05) is 52.4 Å². The molecule has 0 amide bonds. The van der Waals surface area contributed by atoms with E-state index >= 15 is 0 Å². The highest BCUT2D eigenvalue weighted by molar-refractivity contribution is 4.65. The van der Waals surface area contributed by atoms with E-state index in [2.05, 4.69) is 34.0 Å². The standard InChI is InChI=1S/C12H26N4O2/c1-3-7-15(9-5-13-17)11-12-16(8-4-2)10-6-14-18/h3-12H2,1-2H3. The molecule has 0 aliphatic rings. The fourth-order valence-corrected chi connectivity index (χ4v) is 1.95. The molecule has 0 N–H and O–H groups in total. The fourth-order valence-electron chi connectivity index (χ4n) is 1.95. The van der Waals surface area contributed by atoms with Gasteiger partial charge >= 0.3 is 0 Å². The van der Waals surface area contributed by atoms with Gasteiger partial charge in [0.1, 0.15) is 0 Å². The summed E-state index contributed by atoms with van der Waals surface area (Å²) in [6, 6.07) is 0. The molecule has 0 aliphatic carbocycles. The molecular weight excluding hydrogens is 232 g/mol. The topological polar surface area (TPSA) is 65.3 Å². The van der Waals surface area contributed by atoms with Crippen LogP contribution in [-0.4, -0.2) is 62.2 Å². The van der Waals surface area contributed by atoms with Crippen LogP contribution in [0.1, 0.15) is 26.7 Å². The maximum absolute atomic E-state index is 10.2. The molecule has 0 aliphatic heterocycles. The number of nitrogens with zero attached hydrogens (tertiary/aromatic N) is 4. The molecule has 6 nitrogen and oxygen atoms in total. The second kappa shape index (κ2) is 12.6. The summed E-state index contributed by atoms with van der Waals surface area (Å²) in [4.78, 5) is 24.8. The molecule has 0 bridgehead atoms. The van der Waals surface area contributed by atoms with Crippen molar-refractivity contribution in [3.8, 4) is 0 Å². The van der Waals surface area contributed by atoms with E-state index < -0.39 is 0 Å². The molecule has 0 aromatic carbocycles. The second-order valence-corrected chi connectivity index (χ2v) is 4.39. The first-order valence-corrected chi connectivity index (χ1v) is 6.81. The second-order valence-electron chi connectivity index (χ2n) is 4.39. The highest BCUT2D eigenvalue weighted by Gasteiger charge is 2.08. The van der Waals surface area contributed by atoms with E-state index in [-0.39, 0.29) is 0 Å². The van der Waals surface area contributed by atoms with Gasteiger partial charge in [-0.15, -0.1) is 0 Å². The Morgan fingerprint density at radius 1 is 0.667 bits per heavy atom. The van der Waals surface area contributed by atoms with E-state index in [9.17, 15) is 9.81 Å². The van der Waals surface area contributed by atoms with Gasteiger partial charge in [-0.1, -0.05) is 24.2 Å². The van der Waals surface area contributed by atoms with E-state index in [4.69, 9.17) is 0 Å². The monoisotopic (exact) mass is 258 g/mol. The molecule has 0 radical (unpaired) electrons. The highest BCUT2D eigenvalue weighted by atomic mass is 16.3. The molecule has 0 aromatic rings. The lowest BCUT2D eigenvalue weighted by atomic mass is 10.3. The summed E-state index contributed by atoms with van der Waals surface area (Å²) in [5.74, 6) is 0. The van der Waals surface area contributed by atoms with Gasteiger partial charge in [0.2, 0.25) is 0 Å². The third kappa shape index (κ3) is 9.18. The summed E-state index contributed by atoms with van der Waals surface area (Å²) >= 11 is 0. The average Bonchev–Trinajstić information content (AvgIpc) is 2.38. The molecule has 106 valence electrons. The Hall–Kier alpha value is -0.880. The van der Waals surface area contributed by atoms with Gasteiger partial charge < -0.3 is 9.80 Å². The van der Waals surface area contributed by atoms with Gasteiger partial charge in [-0.2, -0.15) is 9.81 Å². The molecule has 0 rings (SSSR count). The number of hydrogen-bond acceptors (Lipinski definition) is 6. The normalized spacial score (nSPS) is 11.1. The first kappa shape index (κ1) is 17.1. The van der Waals surface area contributed by atoms with Gasteiger partial charge in [-0.25, -0.2) is 0 Å². The van der Waals surface area contributed by atoms with Crippen molar-refractivity contribution in [2.45, 2.75) is 26.7 Å². The Bertz CT molecular complexity index is 192. The number of nitroso groups, excluding NO2 is 2. The number of hydrogen-bond donors (Lipinski definition) is 0. The van der Waals surface area contributed by atoms with Gasteiger partial charge in [0.15, 0.2) is 0 Å². The fraction of sp³-hybridized carbons (Fsp3) is 1.00. The molecule has 0 saturated heterocycles. The summed E-state index contributed by atoms with van der Waals surface area (Å²) in [6.07, 6.45) is 2.14. The summed E-state index contributed by atoms with van der Waals surface area (Å²) < 4.78 is 0. The third-order valence-corrected chi connectivity index (χ3v) is 2.83. The Labute approximate surface area is 110 Å². The summed E-state index contributed by atoms with van der Waals surface area (Å²) in [7, 11) is 0. The van der Waals surface area contributed by atoms with Gasteiger partial charge in [-0.3, -0.25) is 0 Å². The molecule has 6 heteroatoms. The van der Waals surface area contributed by atoms with Crippen LogP contribution in [-0.2, 0) is 0 Å². The smallest absolute Gasteiger partial charge is 0.0938 e. The summed E-state index contributed by atoms with van der Waals surface area (Å²) in [5.41, 5.74) is 0. The SMILES string of the molecule is CCCN(CCN=O)CCN(CCC)CCN=O. The van der Waals surface area contributed by atoms with Crippen LogP contribution in [0.5, 0.6) is 0 Å². The van der Waals surface area contributed by atoms with Crippen molar-refractivity contribution in [3.05, 3.63) is 9.81 Å². The zero-order chi connectivity index (χ0) is 13.6. The van der Waals surface area contributed by atoms with Crippen molar-refractivity contribution >= 4 is 0 Å². The van der Waals surface area contributed by atoms with Crippen molar-refractivity contribution in [2.24, 2.45) is 10.4 Å². The van der Waals surface area contributed by atoms with E-state index in [1.54, 1.807) is 0 Å². The Morgan fingerprint density at radius 3 is 1.33 bits per heavy atom. The zero-order valence-corrected chi connectivity index (χ0v) is 11.7. The van der Waals surface area contributed by atoms with Gasteiger partial charge in [0, 0.05) is 26.2 Å². The van der Waals surface area contributed by atoms with Gasteiger partial charge in [0.25, 0.3) is 0 Å². The van der Waals surface area contributed by atoms with E-state index in [0.717, 1.165) is 52.1 Å². The first-order chi connectivity index (χ1) is 8.78. The van der Waals surface area contributed by atoms with E-state index in [1.165, 1.54) is 0 Å². The Balaban J connectivity index is 3.99. The number of rotatable bonds is 13. The van der Waals surface area contributed by atoms with Crippen molar-refractivity contribution in [1.29, 1.82) is 0 Å².